The number of unbranched alkanes of at least 4 members (excludes halogenated alkanes) is 1. The van der Waals surface area contributed by atoms with E-state index in [-0.39, 0.29) is 6.09 Å². The van der Waals surface area contributed by atoms with Crippen molar-refractivity contribution < 1.29 is 9.53 Å². The molecule has 0 saturated carbocycles. The fraction of sp³-hybridized carbons (Fsp3) is 0.917. The number of alkyl carbamates (subject to hydrolysis) is 1. The van der Waals surface area contributed by atoms with E-state index in [0.29, 0.717) is 13.2 Å². The molecule has 0 unspecified atom stereocenters. The van der Waals surface area contributed by atoms with Crippen LogP contribution in [0, 0.1) is 0 Å². The number of hydrogen-bond acceptors (Lipinski definition) is 4. The second kappa shape index (κ2) is 11.7. The fourth-order valence-electron chi connectivity index (χ4n) is 1.37. The summed E-state index contributed by atoms with van der Waals surface area (Å²) in [6, 6.07) is 0. The van der Waals surface area contributed by atoms with E-state index in [1.807, 2.05) is 0 Å². The van der Waals surface area contributed by atoms with Gasteiger partial charge in [0, 0.05) is 6.54 Å². The Bertz CT molecular complexity index is 189. The van der Waals surface area contributed by atoms with Crippen molar-refractivity contribution in [3.05, 3.63) is 0 Å². The topological polar surface area (TPSA) is 67.6 Å². The molecule has 0 aromatic heterocycles. The van der Waals surface area contributed by atoms with Gasteiger partial charge in [-0.3, -0.25) is 0 Å². The van der Waals surface area contributed by atoms with Gasteiger partial charge >= 0.3 is 6.09 Å². The normalized spacial score (nSPS) is 10.6. The Morgan fingerprint density at radius 1 is 1.29 bits per heavy atom. The van der Waals surface area contributed by atoms with Crippen molar-refractivity contribution in [3.8, 4) is 0 Å². The maximum absolute atomic E-state index is 11.2. The molecule has 0 aliphatic rings. The van der Waals surface area contributed by atoms with Gasteiger partial charge in [-0.25, -0.2) is 4.79 Å². The van der Waals surface area contributed by atoms with Gasteiger partial charge in [0.15, 0.2) is 0 Å². The summed E-state index contributed by atoms with van der Waals surface area (Å²) >= 11 is 0. The van der Waals surface area contributed by atoms with Crippen LogP contribution in [0.15, 0.2) is 0 Å². The first-order chi connectivity index (χ1) is 8.20. The van der Waals surface area contributed by atoms with Gasteiger partial charge in [0.2, 0.25) is 0 Å². The predicted molar refractivity (Wildman–Crippen MR) is 70.0 cm³/mol. The van der Waals surface area contributed by atoms with Crippen LogP contribution in [0.4, 0.5) is 4.79 Å². The lowest BCUT2D eigenvalue weighted by Gasteiger charge is -2.15. The molecule has 0 aromatic rings. The highest BCUT2D eigenvalue weighted by Gasteiger charge is 2.01. The number of hydrogen-bond donors (Lipinski definition) is 2. The van der Waals surface area contributed by atoms with E-state index in [0.717, 1.165) is 45.3 Å². The quantitative estimate of drug-likeness (QED) is 0.567. The molecular formula is C12H27N3O2. The number of carbonyl (C=O) groups is 1. The van der Waals surface area contributed by atoms with Gasteiger partial charge in [0.05, 0.1) is 6.61 Å². The van der Waals surface area contributed by atoms with Crippen LogP contribution in [0.5, 0.6) is 0 Å². The molecule has 1 amide bonds. The van der Waals surface area contributed by atoms with Crippen molar-refractivity contribution in [2.75, 3.05) is 39.8 Å². The average molecular weight is 245 g/mol. The molecule has 3 N–H and O–H groups in total. The minimum atomic E-state index is -0.303. The Labute approximate surface area is 105 Å². The first-order valence-electron chi connectivity index (χ1n) is 6.50. The number of nitrogens with two attached hydrogens (primary N) is 1. The van der Waals surface area contributed by atoms with E-state index in [9.17, 15) is 4.79 Å². The number of rotatable bonds is 10. The molecular weight excluding hydrogens is 218 g/mol. The molecule has 0 spiro atoms. The highest BCUT2D eigenvalue weighted by Crippen LogP contribution is 1.90. The standard InChI is InChI=1S/C12H27N3O2/c1-3-4-11-17-12(16)14-8-6-10-15(2)9-5-7-13/h3-11,13H2,1-2H3,(H,14,16). The van der Waals surface area contributed by atoms with E-state index >= 15 is 0 Å². The Hall–Kier alpha value is -0.810. The van der Waals surface area contributed by atoms with Crippen LogP contribution < -0.4 is 11.1 Å². The summed E-state index contributed by atoms with van der Waals surface area (Å²) in [5.74, 6) is 0. The monoisotopic (exact) mass is 245 g/mol. The molecule has 0 bridgehead atoms. The minimum absolute atomic E-state index is 0.303. The van der Waals surface area contributed by atoms with Gasteiger partial charge in [-0.1, -0.05) is 13.3 Å². The molecule has 17 heavy (non-hydrogen) atoms. The second-order valence-corrected chi connectivity index (χ2v) is 4.22. The summed E-state index contributed by atoms with van der Waals surface area (Å²) in [7, 11) is 2.06. The lowest BCUT2D eigenvalue weighted by molar-refractivity contribution is 0.144. The molecule has 0 rings (SSSR count). The largest absolute Gasteiger partial charge is 0.450 e. The molecule has 5 nitrogen and oxygen atoms in total. The van der Waals surface area contributed by atoms with Crippen LogP contribution in [0.3, 0.4) is 0 Å². The zero-order valence-electron chi connectivity index (χ0n) is 11.2. The van der Waals surface area contributed by atoms with Crippen molar-refractivity contribution >= 4 is 6.09 Å². The van der Waals surface area contributed by atoms with Crippen molar-refractivity contribution in [1.29, 1.82) is 0 Å². The summed E-state index contributed by atoms with van der Waals surface area (Å²) in [5.41, 5.74) is 5.43. The van der Waals surface area contributed by atoms with Gasteiger partial charge in [-0.2, -0.15) is 0 Å². The van der Waals surface area contributed by atoms with Crippen LogP contribution in [0.2, 0.25) is 0 Å². The van der Waals surface area contributed by atoms with Crippen LogP contribution in [-0.4, -0.2) is 50.8 Å². The Balaban J connectivity index is 3.29. The number of nitrogens with one attached hydrogen (secondary N) is 1. The summed E-state index contributed by atoms with van der Waals surface area (Å²) in [6.45, 7) is 5.95. The smallest absolute Gasteiger partial charge is 0.407 e. The predicted octanol–water partition coefficient (Wildman–Crippen LogP) is 1.18. The molecule has 0 aliphatic carbocycles. The maximum Gasteiger partial charge on any atom is 0.407 e. The molecule has 0 saturated heterocycles. The SMILES string of the molecule is CCCCOC(=O)NCCCN(C)CCCN. The van der Waals surface area contributed by atoms with Crippen LogP contribution in [0.1, 0.15) is 32.6 Å². The van der Waals surface area contributed by atoms with Crippen molar-refractivity contribution in [2.24, 2.45) is 5.73 Å². The summed E-state index contributed by atoms with van der Waals surface area (Å²) in [6.07, 6.45) is 3.62. The summed E-state index contributed by atoms with van der Waals surface area (Å²) < 4.78 is 4.97. The molecule has 0 atom stereocenters. The third-order valence-electron chi connectivity index (χ3n) is 2.46. The third kappa shape index (κ3) is 11.5. The van der Waals surface area contributed by atoms with E-state index in [1.54, 1.807) is 0 Å². The van der Waals surface area contributed by atoms with Crippen molar-refractivity contribution in [1.82, 2.24) is 10.2 Å². The van der Waals surface area contributed by atoms with E-state index in [1.165, 1.54) is 0 Å². The van der Waals surface area contributed by atoms with Gasteiger partial charge in [0.1, 0.15) is 0 Å². The zero-order valence-corrected chi connectivity index (χ0v) is 11.2. The first-order valence-corrected chi connectivity index (χ1v) is 6.50. The Morgan fingerprint density at radius 3 is 2.65 bits per heavy atom. The Kier molecular flexibility index (Phi) is 11.1. The summed E-state index contributed by atoms with van der Waals surface area (Å²) in [4.78, 5) is 13.4. The fourth-order valence-corrected chi connectivity index (χ4v) is 1.37. The molecule has 0 heterocycles. The number of nitrogens with zero attached hydrogens (tertiary/aromatic N) is 1. The van der Waals surface area contributed by atoms with Gasteiger partial charge in [-0.15, -0.1) is 0 Å². The van der Waals surface area contributed by atoms with Crippen molar-refractivity contribution in [2.45, 2.75) is 32.6 Å². The maximum atomic E-state index is 11.2. The van der Waals surface area contributed by atoms with Crippen molar-refractivity contribution in [3.63, 3.8) is 0 Å². The highest BCUT2D eigenvalue weighted by molar-refractivity contribution is 5.66. The molecule has 0 aliphatic heterocycles. The van der Waals surface area contributed by atoms with Crippen LogP contribution in [-0.2, 0) is 4.74 Å². The minimum Gasteiger partial charge on any atom is -0.450 e. The molecule has 0 fully saturated rings. The van der Waals surface area contributed by atoms with E-state index < -0.39 is 0 Å². The van der Waals surface area contributed by atoms with Crippen LogP contribution in [0.25, 0.3) is 0 Å². The van der Waals surface area contributed by atoms with Gasteiger partial charge < -0.3 is 20.7 Å². The highest BCUT2D eigenvalue weighted by atomic mass is 16.5. The number of carbonyl (C=O) groups excluding carboxylic acids is 1. The average Bonchev–Trinajstić information content (AvgIpc) is 2.32. The molecule has 0 aromatic carbocycles. The molecule has 102 valence electrons. The second-order valence-electron chi connectivity index (χ2n) is 4.22. The zero-order chi connectivity index (χ0) is 12.9. The van der Waals surface area contributed by atoms with E-state index in [4.69, 9.17) is 10.5 Å². The third-order valence-corrected chi connectivity index (χ3v) is 2.46. The van der Waals surface area contributed by atoms with E-state index in [2.05, 4.69) is 24.2 Å². The van der Waals surface area contributed by atoms with Gasteiger partial charge in [-0.05, 0) is 45.9 Å². The molecule has 5 heteroatoms. The van der Waals surface area contributed by atoms with Gasteiger partial charge in [0.25, 0.3) is 0 Å². The lowest BCUT2D eigenvalue weighted by atomic mass is 10.3. The first kappa shape index (κ1) is 16.2. The number of amides is 1. The number of ether oxygens (including phenoxy) is 1. The molecule has 0 radical (unpaired) electrons. The lowest BCUT2D eigenvalue weighted by Crippen LogP contribution is -2.29. The Morgan fingerprint density at radius 2 is 2.00 bits per heavy atom. The van der Waals surface area contributed by atoms with Crippen LogP contribution >= 0.6 is 0 Å². The summed E-state index contributed by atoms with van der Waals surface area (Å²) in [5, 5.41) is 2.74.